The quantitative estimate of drug-likeness (QED) is 0.614. The SMILES string of the molecule is CCCCCC[C@H](NC(C)=O)C(=O)O. The molecule has 0 aromatic carbocycles. The molecule has 1 atom stereocenters. The van der Waals surface area contributed by atoms with E-state index >= 15 is 0 Å². The van der Waals surface area contributed by atoms with Crippen molar-refractivity contribution in [2.45, 2.75) is 52.0 Å². The molecule has 14 heavy (non-hydrogen) atoms. The minimum Gasteiger partial charge on any atom is -0.480 e. The summed E-state index contributed by atoms with van der Waals surface area (Å²) >= 11 is 0. The van der Waals surface area contributed by atoms with Crippen molar-refractivity contribution in [1.82, 2.24) is 5.32 Å². The van der Waals surface area contributed by atoms with Gasteiger partial charge < -0.3 is 10.4 Å². The molecule has 0 rings (SSSR count). The largest absolute Gasteiger partial charge is 0.480 e. The number of unbranched alkanes of at least 4 members (excludes halogenated alkanes) is 3. The first-order valence-corrected chi connectivity index (χ1v) is 5.07. The van der Waals surface area contributed by atoms with Gasteiger partial charge in [-0.1, -0.05) is 32.6 Å². The molecule has 0 aromatic rings. The third kappa shape index (κ3) is 6.46. The van der Waals surface area contributed by atoms with E-state index in [0.29, 0.717) is 6.42 Å². The number of hydrogen-bond acceptors (Lipinski definition) is 2. The first-order valence-electron chi connectivity index (χ1n) is 5.07. The fraction of sp³-hybridized carbons (Fsp3) is 0.800. The maximum absolute atomic E-state index is 10.7. The number of aliphatic carboxylic acids is 1. The Balaban J connectivity index is 3.74. The lowest BCUT2D eigenvalue weighted by Gasteiger charge is -2.12. The zero-order valence-corrected chi connectivity index (χ0v) is 8.88. The Hall–Kier alpha value is -1.06. The molecule has 0 heterocycles. The number of carboxylic acids is 1. The van der Waals surface area contributed by atoms with Crippen molar-refractivity contribution >= 4 is 11.9 Å². The molecule has 0 fully saturated rings. The Morgan fingerprint density at radius 3 is 2.36 bits per heavy atom. The van der Waals surface area contributed by atoms with E-state index in [1.165, 1.54) is 6.92 Å². The molecule has 0 saturated carbocycles. The fourth-order valence-electron chi connectivity index (χ4n) is 1.28. The maximum atomic E-state index is 10.7. The van der Waals surface area contributed by atoms with Crippen LogP contribution in [-0.2, 0) is 9.59 Å². The van der Waals surface area contributed by atoms with Gasteiger partial charge in [-0.3, -0.25) is 4.79 Å². The predicted octanol–water partition coefficient (Wildman–Crippen LogP) is 1.55. The lowest BCUT2D eigenvalue weighted by Crippen LogP contribution is -2.39. The van der Waals surface area contributed by atoms with Crippen LogP contribution in [0.1, 0.15) is 46.0 Å². The smallest absolute Gasteiger partial charge is 0.326 e. The highest BCUT2D eigenvalue weighted by Gasteiger charge is 2.16. The lowest BCUT2D eigenvalue weighted by atomic mass is 10.1. The van der Waals surface area contributed by atoms with Crippen molar-refractivity contribution in [3.63, 3.8) is 0 Å². The Morgan fingerprint density at radius 2 is 1.93 bits per heavy atom. The van der Waals surface area contributed by atoms with Crippen molar-refractivity contribution in [3.05, 3.63) is 0 Å². The molecule has 0 spiro atoms. The summed E-state index contributed by atoms with van der Waals surface area (Å²) in [5.74, 6) is -1.23. The highest BCUT2D eigenvalue weighted by Crippen LogP contribution is 2.05. The summed E-state index contributed by atoms with van der Waals surface area (Å²) in [6, 6.07) is -0.718. The number of carboxylic acid groups (broad SMARTS) is 1. The number of rotatable bonds is 7. The molecule has 0 aliphatic carbocycles. The van der Waals surface area contributed by atoms with Gasteiger partial charge in [-0.15, -0.1) is 0 Å². The Kier molecular flexibility index (Phi) is 6.80. The molecule has 0 aromatic heterocycles. The molecule has 4 heteroatoms. The minimum atomic E-state index is -0.948. The summed E-state index contributed by atoms with van der Waals surface area (Å²) in [6.07, 6.45) is 4.64. The summed E-state index contributed by atoms with van der Waals surface area (Å²) in [7, 11) is 0. The topological polar surface area (TPSA) is 66.4 Å². The monoisotopic (exact) mass is 201 g/mol. The van der Waals surface area contributed by atoms with Crippen molar-refractivity contribution in [2.24, 2.45) is 0 Å². The van der Waals surface area contributed by atoms with E-state index in [-0.39, 0.29) is 5.91 Å². The van der Waals surface area contributed by atoms with Crippen LogP contribution in [0, 0.1) is 0 Å². The number of carbonyl (C=O) groups excluding carboxylic acids is 1. The van der Waals surface area contributed by atoms with Crippen LogP contribution < -0.4 is 5.32 Å². The maximum Gasteiger partial charge on any atom is 0.326 e. The van der Waals surface area contributed by atoms with Gasteiger partial charge in [0.1, 0.15) is 6.04 Å². The van der Waals surface area contributed by atoms with Crippen molar-refractivity contribution in [3.8, 4) is 0 Å². The molecule has 0 bridgehead atoms. The molecule has 82 valence electrons. The van der Waals surface area contributed by atoms with Crippen LogP contribution in [0.15, 0.2) is 0 Å². The van der Waals surface area contributed by atoms with Gasteiger partial charge in [-0.25, -0.2) is 4.79 Å². The van der Waals surface area contributed by atoms with Crippen molar-refractivity contribution < 1.29 is 14.7 Å². The van der Waals surface area contributed by atoms with Crippen molar-refractivity contribution in [1.29, 1.82) is 0 Å². The standard InChI is InChI=1S/C10H19NO3/c1-3-4-5-6-7-9(10(13)14)11-8(2)12/h9H,3-7H2,1-2H3,(H,11,12)(H,13,14)/t9-/m0/s1. The van der Waals surface area contributed by atoms with Crippen LogP contribution in [0.2, 0.25) is 0 Å². The van der Waals surface area contributed by atoms with Gasteiger partial charge >= 0.3 is 5.97 Å². The molecule has 0 saturated heterocycles. The van der Waals surface area contributed by atoms with Gasteiger partial charge in [0.15, 0.2) is 0 Å². The summed E-state index contributed by atoms with van der Waals surface area (Å²) in [4.78, 5) is 21.4. The number of amides is 1. The average molecular weight is 201 g/mol. The van der Waals surface area contributed by atoms with Gasteiger partial charge in [-0.05, 0) is 6.42 Å². The lowest BCUT2D eigenvalue weighted by molar-refractivity contribution is -0.141. The second-order valence-electron chi connectivity index (χ2n) is 3.44. The zero-order chi connectivity index (χ0) is 11.0. The normalized spacial score (nSPS) is 12.1. The molecule has 0 aliphatic rings. The Morgan fingerprint density at radius 1 is 1.29 bits per heavy atom. The fourth-order valence-corrected chi connectivity index (χ4v) is 1.28. The summed E-state index contributed by atoms with van der Waals surface area (Å²) in [5.41, 5.74) is 0. The van der Waals surface area contributed by atoms with Crippen molar-refractivity contribution in [2.75, 3.05) is 0 Å². The van der Waals surface area contributed by atoms with Gasteiger partial charge in [0.05, 0.1) is 0 Å². The molecule has 0 radical (unpaired) electrons. The number of carbonyl (C=O) groups is 2. The van der Waals surface area contributed by atoms with E-state index in [0.717, 1.165) is 25.7 Å². The highest BCUT2D eigenvalue weighted by atomic mass is 16.4. The van der Waals surface area contributed by atoms with E-state index in [4.69, 9.17) is 5.11 Å². The van der Waals surface area contributed by atoms with Crippen LogP contribution in [-0.4, -0.2) is 23.0 Å². The molecular formula is C10H19NO3. The van der Waals surface area contributed by atoms with Crippen LogP contribution in [0.25, 0.3) is 0 Å². The second-order valence-corrected chi connectivity index (χ2v) is 3.44. The van der Waals surface area contributed by atoms with E-state index in [1.54, 1.807) is 0 Å². The third-order valence-corrected chi connectivity index (χ3v) is 2.02. The first kappa shape index (κ1) is 12.9. The molecule has 1 amide bonds. The predicted molar refractivity (Wildman–Crippen MR) is 54.0 cm³/mol. The summed E-state index contributed by atoms with van der Waals surface area (Å²) in [5, 5.41) is 11.2. The van der Waals surface area contributed by atoms with Crippen LogP contribution in [0.3, 0.4) is 0 Å². The van der Waals surface area contributed by atoms with Crippen LogP contribution in [0.5, 0.6) is 0 Å². The van der Waals surface area contributed by atoms with Gasteiger partial charge in [-0.2, -0.15) is 0 Å². The van der Waals surface area contributed by atoms with Gasteiger partial charge in [0, 0.05) is 6.92 Å². The average Bonchev–Trinajstić information content (AvgIpc) is 2.09. The zero-order valence-electron chi connectivity index (χ0n) is 8.88. The van der Waals surface area contributed by atoms with Crippen LogP contribution in [0.4, 0.5) is 0 Å². The summed E-state index contributed by atoms with van der Waals surface area (Å²) in [6.45, 7) is 3.44. The third-order valence-electron chi connectivity index (χ3n) is 2.02. The van der Waals surface area contributed by atoms with E-state index in [1.807, 2.05) is 0 Å². The Bertz CT molecular complexity index is 192. The molecular weight excluding hydrogens is 182 g/mol. The molecule has 2 N–H and O–H groups in total. The van der Waals surface area contributed by atoms with E-state index < -0.39 is 12.0 Å². The van der Waals surface area contributed by atoms with E-state index in [2.05, 4.69) is 12.2 Å². The first-order chi connectivity index (χ1) is 6.57. The highest BCUT2D eigenvalue weighted by molar-refractivity contribution is 5.81. The molecule has 0 unspecified atom stereocenters. The summed E-state index contributed by atoms with van der Waals surface area (Å²) < 4.78 is 0. The minimum absolute atomic E-state index is 0.284. The van der Waals surface area contributed by atoms with Gasteiger partial charge in [0.2, 0.25) is 5.91 Å². The molecule has 0 aliphatic heterocycles. The van der Waals surface area contributed by atoms with Gasteiger partial charge in [0.25, 0.3) is 0 Å². The second kappa shape index (κ2) is 7.35. The van der Waals surface area contributed by atoms with E-state index in [9.17, 15) is 9.59 Å². The molecule has 4 nitrogen and oxygen atoms in total. The Labute approximate surface area is 84.7 Å². The number of hydrogen-bond donors (Lipinski definition) is 2. The number of nitrogens with one attached hydrogen (secondary N) is 1. The van der Waals surface area contributed by atoms with Crippen LogP contribution >= 0.6 is 0 Å².